The Balaban J connectivity index is 1.70. The molecule has 0 saturated carbocycles. The Morgan fingerprint density at radius 1 is 1.27 bits per heavy atom. The lowest BCUT2D eigenvalue weighted by Crippen LogP contribution is -2.38. The van der Waals surface area contributed by atoms with E-state index in [1.54, 1.807) is 12.3 Å². The molecule has 0 spiro atoms. The fourth-order valence-corrected chi connectivity index (χ4v) is 3.86. The average Bonchev–Trinajstić information content (AvgIpc) is 3.42. The van der Waals surface area contributed by atoms with Crippen molar-refractivity contribution in [2.24, 2.45) is 5.73 Å². The van der Waals surface area contributed by atoms with Crippen LogP contribution < -0.4 is 10.5 Å². The van der Waals surface area contributed by atoms with E-state index < -0.39 is 23.6 Å². The Bertz CT molecular complexity index is 1200. The molecule has 4 rings (SSSR count). The fourth-order valence-electron chi connectivity index (χ4n) is 3.86. The maximum Gasteiger partial charge on any atom is 0.417 e. The second-order valence-electron chi connectivity index (χ2n) is 7.94. The van der Waals surface area contributed by atoms with E-state index in [1.165, 1.54) is 19.3 Å². The van der Waals surface area contributed by atoms with Gasteiger partial charge in [0.15, 0.2) is 11.7 Å². The number of halogens is 3. The topological polar surface area (TPSA) is 111 Å². The molecular weight excluding hydrogens is 437 g/mol. The lowest BCUT2D eigenvalue weighted by molar-refractivity contribution is -0.136. The van der Waals surface area contributed by atoms with Gasteiger partial charge in [0.1, 0.15) is 11.4 Å². The number of alkyl halides is 3. The first-order chi connectivity index (χ1) is 15.6. The Morgan fingerprint density at radius 3 is 2.67 bits per heavy atom. The summed E-state index contributed by atoms with van der Waals surface area (Å²) >= 11 is 0. The van der Waals surface area contributed by atoms with Gasteiger partial charge >= 0.3 is 6.18 Å². The molecule has 33 heavy (non-hydrogen) atoms. The van der Waals surface area contributed by atoms with Gasteiger partial charge in [-0.25, -0.2) is 0 Å². The molecule has 0 aliphatic carbocycles. The Hall–Kier alpha value is -3.60. The molecule has 1 aliphatic rings. The SMILES string of the molecule is CN(C(=N)N)C(=O)c1cc2c(C(F)(F)F)ccc(Oc3cncc(CN4CCCC4)c3)c2[nH]1. The maximum atomic E-state index is 13.6. The summed E-state index contributed by atoms with van der Waals surface area (Å²) in [6, 6.07) is 5.01. The Kier molecular flexibility index (Phi) is 5.98. The van der Waals surface area contributed by atoms with E-state index in [4.69, 9.17) is 15.9 Å². The molecule has 3 aromatic rings. The van der Waals surface area contributed by atoms with Crippen molar-refractivity contribution < 1.29 is 22.7 Å². The van der Waals surface area contributed by atoms with Crippen molar-refractivity contribution in [3.63, 3.8) is 0 Å². The zero-order valence-electron chi connectivity index (χ0n) is 17.9. The van der Waals surface area contributed by atoms with Crippen LogP contribution in [0.3, 0.4) is 0 Å². The number of likely N-dealkylation sites (tertiary alicyclic amines) is 1. The summed E-state index contributed by atoms with van der Waals surface area (Å²) in [5, 5.41) is 7.18. The summed E-state index contributed by atoms with van der Waals surface area (Å²) in [6.07, 6.45) is 0.884. The zero-order chi connectivity index (χ0) is 23.8. The summed E-state index contributed by atoms with van der Waals surface area (Å²) in [4.78, 5) is 22.6. The number of fused-ring (bicyclic) bond motifs is 1. The third kappa shape index (κ3) is 4.77. The number of amides is 1. The molecule has 0 atom stereocenters. The zero-order valence-corrected chi connectivity index (χ0v) is 17.9. The highest BCUT2D eigenvalue weighted by Gasteiger charge is 2.34. The Morgan fingerprint density at radius 2 is 2.00 bits per heavy atom. The fraction of sp³-hybridized carbons (Fsp3) is 0.318. The smallest absolute Gasteiger partial charge is 0.417 e. The molecule has 0 bridgehead atoms. The monoisotopic (exact) mass is 460 g/mol. The number of nitrogens with one attached hydrogen (secondary N) is 2. The number of nitrogens with two attached hydrogens (primary N) is 1. The number of aromatic nitrogens is 2. The van der Waals surface area contributed by atoms with Crippen LogP contribution in [0.1, 0.15) is 34.5 Å². The van der Waals surface area contributed by atoms with Gasteiger partial charge in [0.25, 0.3) is 5.91 Å². The van der Waals surface area contributed by atoms with E-state index in [1.807, 2.05) is 0 Å². The Labute approximate surface area is 187 Å². The molecule has 1 saturated heterocycles. The molecule has 2 aromatic heterocycles. The minimum absolute atomic E-state index is 0.00933. The molecule has 1 fully saturated rings. The van der Waals surface area contributed by atoms with Crippen molar-refractivity contribution >= 4 is 22.8 Å². The van der Waals surface area contributed by atoms with Gasteiger partial charge in [-0.05, 0) is 55.8 Å². The van der Waals surface area contributed by atoms with Crippen LogP contribution in [-0.4, -0.2) is 51.8 Å². The van der Waals surface area contributed by atoms with Gasteiger partial charge in [-0.1, -0.05) is 0 Å². The summed E-state index contributed by atoms with van der Waals surface area (Å²) in [6.45, 7) is 2.74. The van der Waals surface area contributed by atoms with Crippen LogP contribution in [0.5, 0.6) is 11.5 Å². The predicted molar refractivity (Wildman–Crippen MR) is 116 cm³/mol. The van der Waals surface area contributed by atoms with E-state index >= 15 is 0 Å². The minimum atomic E-state index is -4.64. The third-order valence-corrected chi connectivity index (χ3v) is 5.56. The molecule has 0 unspecified atom stereocenters. The quantitative estimate of drug-likeness (QED) is 0.395. The number of guanidine groups is 1. The number of hydrogen-bond donors (Lipinski definition) is 3. The summed E-state index contributed by atoms with van der Waals surface area (Å²) in [7, 11) is 1.26. The maximum absolute atomic E-state index is 13.6. The summed E-state index contributed by atoms with van der Waals surface area (Å²) < 4.78 is 46.7. The largest absolute Gasteiger partial charge is 0.454 e. The van der Waals surface area contributed by atoms with Crippen LogP contribution in [0.15, 0.2) is 36.7 Å². The molecule has 4 N–H and O–H groups in total. The van der Waals surface area contributed by atoms with Gasteiger partial charge < -0.3 is 15.5 Å². The van der Waals surface area contributed by atoms with Crippen molar-refractivity contribution in [2.45, 2.75) is 25.6 Å². The molecule has 1 aromatic carbocycles. The second kappa shape index (κ2) is 8.74. The number of nitrogens with zero attached hydrogens (tertiary/aromatic N) is 3. The van der Waals surface area contributed by atoms with E-state index in [0.29, 0.717) is 12.3 Å². The van der Waals surface area contributed by atoms with Gasteiger partial charge in [-0.15, -0.1) is 0 Å². The highest BCUT2D eigenvalue weighted by Crippen LogP contribution is 2.40. The van der Waals surface area contributed by atoms with Crippen molar-refractivity contribution in [3.05, 3.63) is 53.5 Å². The van der Waals surface area contributed by atoms with Gasteiger partial charge in [-0.2, -0.15) is 13.2 Å². The van der Waals surface area contributed by atoms with Gasteiger partial charge in [-0.3, -0.25) is 25.0 Å². The number of aromatic amines is 1. The van der Waals surface area contributed by atoms with Gasteiger partial charge in [0, 0.05) is 25.2 Å². The van der Waals surface area contributed by atoms with Crippen molar-refractivity contribution in [1.82, 2.24) is 19.8 Å². The number of pyridine rings is 1. The van der Waals surface area contributed by atoms with E-state index in [0.717, 1.165) is 48.5 Å². The van der Waals surface area contributed by atoms with Crippen molar-refractivity contribution in [3.8, 4) is 11.5 Å². The third-order valence-electron chi connectivity index (χ3n) is 5.56. The lowest BCUT2D eigenvalue weighted by atomic mass is 10.1. The molecule has 0 radical (unpaired) electrons. The molecule has 3 heterocycles. The molecule has 1 amide bonds. The van der Waals surface area contributed by atoms with Crippen LogP contribution in [0.4, 0.5) is 13.2 Å². The number of carbonyl (C=O) groups excluding carboxylic acids is 1. The van der Waals surface area contributed by atoms with Crippen molar-refractivity contribution in [1.29, 1.82) is 5.41 Å². The molecule has 11 heteroatoms. The number of carbonyl (C=O) groups is 1. The summed E-state index contributed by atoms with van der Waals surface area (Å²) in [5.41, 5.74) is 5.22. The highest BCUT2D eigenvalue weighted by atomic mass is 19.4. The van der Waals surface area contributed by atoms with Crippen LogP contribution in [0.2, 0.25) is 0 Å². The first-order valence-electron chi connectivity index (χ1n) is 10.3. The number of rotatable bonds is 5. The second-order valence-corrected chi connectivity index (χ2v) is 7.94. The van der Waals surface area contributed by atoms with E-state index in [9.17, 15) is 18.0 Å². The number of benzene rings is 1. The standard InChI is InChI=1S/C22H23F3N6O2/c1-30(21(26)27)20(32)17-9-15-16(22(23,24)25)4-5-18(19(15)29-17)33-14-8-13(10-28-11-14)12-31-6-2-3-7-31/h4-5,8-11,29H,2-3,6-7,12H2,1H3,(H3,26,27). The minimum Gasteiger partial charge on any atom is -0.454 e. The number of hydrogen-bond acceptors (Lipinski definition) is 5. The predicted octanol–water partition coefficient (Wildman–Crippen LogP) is 3.94. The van der Waals surface area contributed by atoms with E-state index in [-0.39, 0.29) is 22.3 Å². The first-order valence-corrected chi connectivity index (χ1v) is 10.3. The van der Waals surface area contributed by atoms with Gasteiger partial charge in [0.2, 0.25) is 0 Å². The van der Waals surface area contributed by atoms with Crippen LogP contribution in [0, 0.1) is 5.41 Å². The first kappa shape index (κ1) is 22.6. The van der Waals surface area contributed by atoms with Gasteiger partial charge in [0.05, 0.1) is 17.3 Å². The molecular formula is C22H23F3N6O2. The average molecular weight is 460 g/mol. The summed E-state index contributed by atoms with van der Waals surface area (Å²) in [5.74, 6) is -0.794. The van der Waals surface area contributed by atoms with Crippen LogP contribution in [-0.2, 0) is 12.7 Å². The number of H-pyrrole nitrogens is 1. The molecule has 1 aliphatic heterocycles. The lowest BCUT2D eigenvalue weighted by Gasteiger charge is -2.15. The number of ether oxygens (including phenoxy) is 1. The van der Waals surface area contributed by atoms with Crippen LogP contribution in [0.25, 0.3) is 10.9 Å². The highest BCUT2D eigenvalue weighted by molar-refractivity contribution is 6.06. The van der Waals surface area contributed by atoms with Crippen molar-refractivity contribution in [2.75, 3.05) is 20.1 Å². The van der Waals surface area contributed by atoms with E-state index in [2.05, 4.69) is 14.9 Å². The molecule has 8 nitrogen and oxygen atoms in total. The van der Waals surface area contributed by atoms with Crippen LogP contribution >= 0.6 is 0 Å². The molecule has 174 valence electrons. The normalized spacial score (nSPS) is 14.5.